The first-order valence-corrected chi connectivity index (χ1v) is 5.77. The van der Waals surface area contributed by atoms with Crippen LogP contribution in [0.2, 0.25) is 0 Å². The van der Waals surface area contributed by atoms with Gasteiger partial charge in [0.25, 0.3) is 0 Å². The second-order valence-electron chi connectivity index (χ2n) is 4.17. The zero-order valence-corrected chi connectivity index (χ0v) is 9.91. The van der Waals surface area contributed by atoms with Gasteiger partial charge in [0.1, 0.15) is 5.82 Å². The number of hydrogen-bond donors (Lipinski definition) is 1. The van der Waals surface area contributed by atoms with Crippen LogP contribution in [0.15, 0.2) is 42.5 Å². The Kier molecular flexibility index (Phi) is 3.55. The van der Waals surface area contributed by atoms with Gasteiger partial charge in [-0.05, 0) is 42.6 Å². The molecule has 0 saturated carbocycles. The van der Waals surface area contributed by atoms with Crippen LogP contribution in [-0.2, 0) is 6.42 Å². The molecule has 0 aliphatic carbocycles. The van der Waals surface area contributed by atoms with Crippen molar-refractivity contribution in [3.8, 4) is 11.1 Å². The minimum absolute atomic E-state index is 0.179. The van der Waals surface area contributed by atoms with E-state index in [2.05, 4.69) is 6.07 Å². The monoisotopic (exact) mass is 229 g/mol. The van der Waals surface area contributed by atoms with E-state index in [0.29, 0.717) is 12.1 Å². The van der Waals surface area contributed by atoms with Crippen LogP contribution in [0.25, 0.3) is 11.1 Å². The molecule has 2 heteroatoms. The fourth-order valence-corrected chi connectivity index (χ4v) is 2.03. The molecule has 88 valence electrons. The molecule has 0 saturated heterocycles. The van der Waals surface area contributed by atoms with E-state index >= 15 is 0 Å². The van der Waals surface area contributed by atoms with Gasteiger partial charge in [0.2, 0.25) is 0 Å². The second kappa shape index (κ2) is 5.11. The lowest BCUT2D eigenvalue weighted by molar-refractivity contribution is 0.631. The van der Waals surface area contributed by atoms with Gasteiger partial charge in [0, 0.05) is 5.56 Å². The van der Waals surface area contributed by atoms with E-state index in [9.17, 15) is 4.39 Å². The van der Waals surface area contributed by atoms with Crippen molar-refractivity contribution in [1.29, 1.82) is 0 Å². The zero-order chi connectivity index (χ0) is 12.3. The summed E-state index contributed by atoms with van der Waals surface area (Å²) in [7, 11) is 0. The van der Waals surface area contributed by atoms with Crippen LogP contribution in [-0.4, -0.2) is 6.54 Å². The summed E-state index contributed by atoms with van der Waals surface area (Å²) in [6.45, 7) is 2.64. The number of benzene rings is 2. The maximum Gasteiger partial charge on any atom is 0.131 e. The van der Waals surface area contributed by atoms with Crippen molar-refractivity contribution in [3.05, 3.63) is 59.4 Å². The average Bonchev–Trinajstić information content (AvgIpc) is 2.31. The molecule has 0 heterocycles. The molecule has 0 unspecified atom stereocenters. The highest BCUT2D eigenvalue weighted by molar-refractivity contribution is 5.68. The number of aryl methyl sites for hydroxylation is 1. The Labute approximate surface area is 101 Å². The van der Waals surface area contributed by atoms with Gasteiger partial charge in [-0.25, -0.2) is 4.39 Å². The van der Waals surface area contributed by atoms with Gasteiger partial charge >= 0.3 is 0 Å². The maximum atomic E-state index is 13.7. The van der Waals surface area contributed by atoms with E-state index in [1.165, 1.54) is 11.6 Å². The standard InChI is InChI=1S/C15H16FN/c1-11-10-12(8-9-17)6-7-13(11)14-4-2-3-5-15(14)16/h2-7,10H,8-9,17H2,1H3. The molecule has 2 rings (SSSR count). The predicted octanol–water partition coefficient (Wildman–Crippen LogP) is 3.30. The predicted molar refractivity (Wildman–Crippen MR) is 69.3 cm³/mol. The molecule has 0 spiro atoms. The van der Waals surface area contributed by atoms with Crippen molar-refractivity contribution >= 4 is 0 Å². The third-order valence-electron chi connectivity index (χ3n) is 2.89. The van der Waals surface area contributed by atoms with Gasteiger partial charge in [0.15, 0.2) is 0 Å². The summed E-state index contributed by atoms with van der Waals surface area (Å²) < 4.78 is 13.7. The first kappa shape index (κ1) is 11.8. The summed E-state index contributed by atoms with van der Waals surface area (Å²) >= 11 is 0. The molecule has 2 N–H and O–H groups in total. The molecule has 0 aliphatic rings. The van der Waals surface area contributed by atoms with Crippen LogP contribution >= 0.6 is 0 Å². The first-order valence-electron chi connectivity index (χ1n) is 5.77. The lowest BCUT2D eigenvalue weighted by atomic mass is 9.97. The molecule has 0 fully saturated rings. The topological polar surface area (TPSA) is 26.0 Å². The number of halogens is 1. The van der Waals surface area contributed by atoms with E-state index in [0.717, 1.165) is 17.5 Å². The highest BCUT2D eigenvalue weighted by Crippen LogP contribution is 2.26. The van der Waals surface area contributed by atoms with Gasteiger partial charge in [-0.2, -0.15) is 0 Å². The third kappa shape index (κ3) is 2.53. The van der Waals surface area contributed by atoms with Crippen LogP contribution in [0, 0.1) is 12.7 Å². The second-order valence-corrected chi connectivity index (χ2v) is 4.17. The van der Waals surface area contributed by atoms with Crippen molar-refractivity contribution in [3.63, 3.8) is 0 Å². The van der Waals surface area contributed by atoms with Gasteiger partial charge in [-0.15, -0.1) is 0 Å². The minimum Gasteiger partial charge on any atom is -0.330 e. The lowest BCUT2D eigenvalue weighted by Crippen LogP contribution is -2.03. The smallest absolute Gasteiger partial charge is 0.131 e. The van der Waals surface area contributed by atoms with Crippen molar-refractivity contribution < 1.29 is 4.39 Å². The van der Waals surface area contributed by atoms with Crippen LogP contribution in [0.4, 0.5) is 4.39 Å². The zero-order valence-electron chi connectivity index (χ0n) is 9.91. The Bertz CT molecular complexity index is 520. The van der Waals surface area contributed by atoms with E-state index in [1.54, 1.807) is 12.1 Å². The molecule has 0 radical (unpaired) electrons. The van der Waals surface area contributed by atoms with E-state index in [-0.39, 0.29) is 5.82 Å². The summed E-state index contributed by atoms with van der Waals surface area (Å²) in [5.74, 6) is -0.179. The molecule has 17 heavy (non-hydrogen) atoms. The highest BCUT2D eigenvalue weighted by Gasteiger charge is 2.07. The summed E-state index contributed by atoms with van der Waals surface area (Å²) in [6.07, 6.45) is 0.860. The fraction of sp³-hybridized carbons (Fsp3) is 0.200. The fourth-order valence-electron chi connectivity index (χ4n) is 2.03. The molecule has 1 nitrogen and oxygen atoms in total. The first-order chi connectivity index (χ1) is 8.22. The normalized spacial score (nSPS) is 10.5. The Morgan fingerprint density at radius 3 is 2.47 bits per heavy atom. The van der Waals surface area contributed by atoms with E-state index in [1.807, 2.05) is 25.1 Å². The largest absolute Gasteiger partial charge is 0.330 e. The summed E-state index contributed by atoms with van der Waals surface area (Å²) in [5.41, 5.74) is 9.41. The van der Waals surface area contributed by atoms with Crippen LogP contribution < -0.4 is 5.73 Å². The Balaban J connectivity index is 2.44. The van der Waals surface area contributed by atoms with Crippen molar-refractivity contribution in [2.24, 2.45) is 5.73 Å². The van der Waals surface area contributed by atoms with E-state index < -0.39 is 0 Å². The summed E-state index contributed by atoms with van der Waals surface area (Å²) in [6, 6.07) is 12.9. The van der Waals surface area contributed by atoms with Crippen molar-refractivity contribution in [1.82, 2.24) is 0 Å². The SMILES string of the molecule is Cc1cc(CCN)ccc1-c1ccccc1F. The summed E-state index contributed by atoms with van der Waals surface area (Å²) in [4.78, 5) is 0. The molecule has 0 bridgehead atoms. The Morgan fingerprint density at radius 1 is 1.06 bits per heavy atom. The average molecular weight is 229 g/mol. The van der Waals surface area contributed by atoms with Crippen LogP contribution in [0.1, 0.15) is 11.1 Å². The molecule has 2 aromatic carbocycles. The van der Waals surface area contributed by atoms with Gasteiger partial charge in [-0.3, -0.25) is 0 Å². The van der Waals surface area contributed by atoms with Crippen molar-refractivity contribution in [2.75, 3.05) is 6.54 Å². The van der Waals surface area contributed by atoms with Gasteiger partial charge in [-0.1, -0.05) is 36.4 Å². The van der Waals surface area contributed by atoms with E-state index in [4.69, 9.17) is 5.73 Å². The maximum absolute atomic E-state index is 13.7. The molecule has 0 amide bonds. The lowest BCUT2D eigenvalue weighted by Gasteiger charge is -2.09. The van der Waals surface area contributed by atoms with Crippen molar-refractivity contribution in [2.45, 2.75) is 13.3 Å². The quantitative estimate of drug-likeness (QED) is 0.858. The minimum atomic E-state index is -0.179. The molecule has 0 aromatic heterocycles. The number of rotatable bonds is 3. The van der Waals surface area contributed by atoms with Gasteiger partial charge in [0.05, 0.1) is 0 Å². The van der Waals surface area contributed by atoms with Crippen LogP contribution in [0.3, 0.4) is 0 Å². The summed E-state index contributed by atoms with van der Waals surface area (Å²) in [5, 5.41) is 0. The van der Waals surface area contributed by atoms with Crippen LogP contribution in [0.5, 0.6) is 0 Å². The molecular formula is C15H16FN. The Hall–Kier alpha value is -1.67. The molecule has 0 atom stereocenters. The number of hydrogen-bond acceptors (Lipinski definition) is 1. The third-order valence-corrected chi connectivity index (χ3v) is 2.89. The Morgan fingerprint density at radius 2 is 1.82 bits per heavy atom. The molecule has 0 aliphatic heterocycles. The molecule has 2 aromatic rings. The highest BCUT2D eigenvalue weighted by atomic mass is 19.1. The van der Waals surface area contributed by atoms with Gasteiger partial charge < -0.3 is 5.73 Å². The molecular weight excluding hydrogens is 213 g/mol. The number of nitrogens with two attached hydrogens (primary N) is 1.